The highest BCUT2D eigenvalue weighted by atomic mass is 79.9. The van der Waals surface area contributed by atoms with Crippen LogP contribution >= 0.6 is 39.1 Å². The van der Waals surface area contributed by atoms with Crippen molar-refractivity contribution in [3.63, 3.8) is 0 Å². The van der Waals surface area contributed by atoms with Gasteiger partial charge in [-0.1, -0.05) is 46.1 Å². The Bertz CT molecular complexity index is 598. The van der Waals surface area contributed by atoms with E-state index in [2.05, 4.69) is 33.3 Å². The molecule has 0 aliphatic heterocycles. The second kappa shape index (κ2) is 6.94. The van der Waals surface area contributed by atoms with E-state index in [4.69, 9.17) is 23.2 Å². The first-order chi connectivity index (χ1) is 9.58. The lowest BCUT2D eigenvalue weighted by molar-refractivity contribution is 0.541. The number of aromatic nitrogens is 2. The average Bonchev–Trinajstić information content (AvgIpc) is 2.80. The number of aryl methyl sites for hydroxylation is 1. The van der Waals surface area contributed by atoms with Gasteiger partial charge in [0.1, 0.15) is 0 Å². The van der Waals surface area contributed by atoms with Gasteiger partial charge in [0.05, 0.1) is 23.0 Å². The predicted molar refractivity (Wildman–Crippen MR) is 87.6 cm³/mol. The zero-order chi connectivity index (χ0) is 14.7. The van der Waals surface area contributed by atoms with Crippen LogP contribution < -0.4 is 5.32 Å². The highest BCUT2D eigenvalue weighted by Gasteiger charge is 2.23. The molecular formula is C14H16BrCl2N3. The minimum Gasteiger partial charge on any atom is -0.305 e. The zero-order valence-corrected chi connectivity index (χ0v) is 14.4. The van der Waals surface area contributed by atoms with Crippen molar-refractivity contribution in [2.24, 2.45) is 0 Å². The Morgan fingerprint density at radius 2 is 2.10 bits per heavy atom. The van der Waals surface area contributed by atoms with Crippen LogP contribution in [0.1, 0.15) is 31.1 Å². The van der Waals surface area contributed by atoms with Gasteiger partial charge in [0.2, 0.25) is 0 Å². The molecule has 1 aromatic heterocycles. The lowest BCUT2D eigenvalue weighted by Gasteiger charge is -2.21. The number of nitrogens with one attached hydrogen (secondary N) is 1. The van der Waals surface area contributed by atoms with Crippen molar-refractivity contribution < 1.29 is 0 Å². The predicted octanol–water partition coefficient (Wildman–Crippen LogP) is 4.67. The number of rotatable bonds is 5. The minimum atomic E-state index is -0.0528. The van der Waals surface area contributed by atoms with E-state index >= 15 is 0 Å². The van der Waals surface area contributed by atoms with Gasteiger partial charge in [-0.05, 0) is 37.2 Å². The van der Waals surface area contributed by atoms with Crippen LogP contribution in [0.3, 0.4) is 0 Å². The van der Waals surface area contributed by atoms with E-state index in [9.17, 15) is 0 Å². The van der Waals surface area contributed by atoms with E-state index < -0.39 is 0 Å². The van der Waals surface area contributed by atoms with Gasteiger partial charge in [-0.3, -0.25) is 4.68 Å². The molecule has 6 heteroatoms. The Labute approximate surface area is 137 Å². The monoisotopic (exact) mass is 375 g/mol. The average molecular weight is 377 g/mol. The Hall–Kier alpha value is -0.550. The van der Waals surface area contributed by atoms with Crippen molar-refractivity contribution >= 4 is 39.1 Å². The molecule has 3 nitrogen and oxygen atoms in total. The second-order valence-corrected chi connectivity index (χ2v) is 6.05. The van der Waals surface area contributed by atoms with Crippen molar-refractivity contribution in [1.29, 1.82) is 0 Å². The summed E-state index contributed by atoms with van der Waals surface area (Å²) < 4.78 is 2.90. The fourth-order valence-corrected chi connectivity index (χ4v) is 3.11. The SMILES string of the molecule is CCNC(c1cc(Cl)ccc1Br)c1c(Cl)cnn1CC. The van der Waals surface area contributed by atoms with Gasteiger partial charge in [0.15, 0.2) is 0 Å². The van der Waals surface area contributed by atoms with Crippen LogP contribution in [0, 0.1) is 0 Å². The summed E-state index contributed by atoms with van der Waals surface area (Å²) >= 11 is 16.0. The standard InChI is InChI=1S/C14H16BrCl2N3/c1-3-18-13(10-7-9(16)5-6-11(10)15)14-12(17)8-19-20(14)4-2/h5-8,13,18H,3-4H2,1-2H3. The molecule has 2 aromatic rings. The smallest absolute Gasteiger partial charge is 0.0837 e. The van der Waals surface area contributed by atoms with Crippen LogP contribution in [0.5, 0.6) is 0 Å². The lowest BCUT2D eigenvalue weighted by atomic mass is 10.0. The highest BCUT2D eigenvalue weighted by molar-refractivity contribution is 9.10. The summed E-state index contributed by atoms with van der Waals surface area (Å²) in [6.07, 6.45) is 1.68. The molecule has 0 saturated heterocycles. The summed E-state index contributed by atoms with van der Waals surface area (Å²) in [6, 6.07) is 5.70. The lowest BCUT2D eigenvalue weighted by Crippen LogP contribution is -2.25. The summed E-state index contributed by atoms with van der Waals surface area (Å²) in [6.45, 7) is 5.69. The van der Waals surface area contributed by atoms with E-state index in [-0.39, 0.29) is 6.04 Å². The number of halogens is 3. The van der Waals surface area contributed by atoms with Crippen LogP contribution in [0.2, 0.25) is 10.0 Å². The Morgan fingerprint density at radius 1 is 1.35 bits per heavy atom. The summed E-state index contributed by atoms with van der Waals surface area (Å²) in [7, 11) is 0. The third kappa shape index (κ3) is 3.19. The molecule has 20 heavy (non-hydrogen) atoms. The molecule has 108 valence electrons. The van der Waals surface area contributed by atoms with Gasteiger partial charge in [-0.2, -0.15) is 5.10 Å². The van der Waals surface area contributed by atoms with Crippen LogP contribution in [-0.4, -0.2) is 16.3 Å². The van der Waals surface area contributed by atoms with Crippen LogP contribution in [0.4, 0.5) is 0 Å². The van der Waals surface area contributed by atoms with E-state index in [0.717, 1.165) is 28.8 Å². The molecule has 1 unspecified atom stereocenters. The third-order valence-electron chi connectivity index (χ3n) is 3.08. The molecule has 0 amide bonds. The summed E-state index contributed by atoms with van der Waals surface area (Å²) in [5.41, 5.74) is 2.01. The Morgan fingerprint density at radius 3 is 2.75 bits per heavy atom. The van der Waals surface area contributed by atoms with Crippen molar-refractivity contribution in [3.8, 4) is 0 Å². The third-order valence-corrected chi connectivity index (χ3v) is 4.33. The first-order valence-electron chi connectivity index (χ1n) is 6.48. The number of nitrogens with zero attached hydrogens (tertiary/aromatic N) is 2. The van der Waals surface area contributed by atoms with Crippen LogP contribution in [0.25, 0.3) is 0 Å². The van der Waals surface area contributed by atoms with Crippen LogP contribution in [0.15, 0.2) is 28.9 Å². The Balaban J connectivity index is 2.56. The van der Waals surface area contributed by atoms with Gasteiger partial charge in [-0.25, -0.2) is 0 Å². The molecule has 2 rings (SSSR count). The normalized spacial score (nSPS) is 12.7. The molecule has 1 N–H and O–H groups in total. The molecule has 0 spiro atoms. The molecule has 0 bridgehead atoms. The van der Waals surface area contributed by atoms with E-state index in [0.29, 0.717) is 10.0 Å². The molecule has 0 aliphatic rings. The van der Waals surface area contributed by atoms with Gasteiger partial charge in [0.25, 0.3) is 0 Å². The van der Waals surface area contributed by atoms with Gasteiger partial charge in [-0.15, -0.1) is 0 Å². The molecule has 0 radical (unpaired) electrons. The first-order valence-corrected chi connectivity index (χ1v) is 8.02. The zero-order valence-electron chi connectivity index (χ0n) is 11.3. The fourth-order valence-electron chi connectivity index (χ4n) is 2.20. The second-order valence-electron chi connectivity index (χ2n) is 4.35. The maximum atomic E-state index is 6.32. The number of hydrogen-bond donors (Lipinski definition) is 1. The number of benzene rings is 1. The first kappa shape index (κ1) is 15.8. The summed E-state index contributed by atoms with van der Waals surface area (Å²) in [4.78, 5) is 0. The molecule has 1 heterocycles. The van der Waals surface area contributed by atoms with Crippen molar-refractivity contribution in [1.82, 2.24) is 15.1 Å². The van der Waals surface area contributed by atoms with Crippen molar-refractivity contribution in [2.75, 3.05) is 6.54 Å². The number of hydrogen-bond acceptors (Lipinski definition) is 2. The van der Waals surface area contributed by atoms with Gasteiger partial charge < -0.3 is 5.32 Å². The summed E-state index contributed by atoms with van der Waals surface area (Å²) in [5.74, 6) is 0. The van der Waals surface area contributed by atoms with Crippen molar-refractivity contribution in [3.05, 3.63) is 50.2 Å². The minimum absolute atomic E-state index is 0.0528. The fraction of sp³-hybridized carbons (Fsp3) is 0.357. The van der Waals surface area contributed by atoms with Crippen molar-refractivity contribution in [2.45, 2.75) is 26.4 Å². The molecule has 1 aromatic carbocycles. The van der Waals surface area contributed by atoms with Crippen LogP contribution in [-0.2, 0) is 6.54 Å². The molecule has 0 fully saturated rings. The van der Waals surface area contributed by atoms with E-state index in [1.807, 2.05) is 29.8 Å². The molecule has 0 saturated carbocycles. The topological polar surface area (TPSA) is 29.9 Å². The van der Waals surface area contributed by atoms with Gasteiger partial charge >= 0.3 is 0 Å². The Kier molecular flexibility index (Phi) is 5.49. The van der Waals surface area contributed by atoms with E-state index in [1.165, 1.54) is 0 Å². The molecule has 1 atom stereocenters. The van der Waals surface area contributed by atoms with E-state index in [1.54, 1.807) is 6.20 Å². The highest BCUT2D eigenvalue weighted by Crippen LogP contribution is 2.34. The largest absolute Gasteiger partial charge is 0.305 e. The molecule has 0 aliphatic carbocycles. The maximum absolute atomic E-state index is 6.32. The maximum Gasteiger partial charge on any atom is 0.0837 e. The summed E-state index contributed by atoms with van der Waals surface area (Å²) in [5, 5.41) is 9.12. The molecular weight excluding hydrogens is 361 g/mol. The van der Waals surface area contributed by atoms with Gasteiger partial charge in [0, 0.05) is 16.0 Å². The quantitative estimate of drug-likeness (QED) is 0.821.